The standard InChI is InChI=1S/C19H22N6O2/c1-11-7-12(2)24-18(26)15(11)9-21-19(27)16-13(3)17(23-10-22-16)25-6-4-5-14(25)8-20/h7,10,14H,4-6,9H2,1-3H3,(H,21,27)(H,24,26)/t14-/m1/s1. The number of amides is 1. The van der Waals surface area contributed by atoms with E-state index in [1.807, 2.05) is 24.8 Å². The van der Waals surface area contributed by atoms with Crippen molar-refractivity contribution >= 4 is 11.7 Å². The minimum Gasteiger partial charge on any atom is -0.346 e. The summed E-state index contributed by atoms with van der Waals surface area (Å²) in [5, 5.41) is 12.1. The Balaban J connectivity index is 1.81. The van der Waals surface area contributed by atoms with Crippen molar-refractivity contribution < 1.29 is 4.79 Å². The highest BCUT2D eigenvalue weighted by molar-refractivity contribution is 5.94. The number of H-pyrrole nitrogens is 1. The predicted octanol–water partition coefficient (Wildman–Crippen LogP) is 1.51. The molecule has 1 aliphatic heterocycles. The van der Waals surface area contributed by atoms with Crippen LogP contribution in [0.4, 0.5) is 5.82 Å². The molecule has 1 atom stereocenters. The van der Waals surface area contributed by atoms with E-state index >= 15 is 0 Å². The first-order valence-corrected chi connectivity index (χ1v) is 8.87. The molecule has 0 spiro atoms. The highest BCUT2D eigenvalue weighted by Gasteiger charge is 2.28. The van der Waals surface area contributed by atoms with Crippen LogP contribution in [0.5, 0.6) is 0 Å². The van der Waals surface area contributed by atoms with Crippen molar-refractivity contribution in [3.63, 3.8) is 0 Å². The molecular weight excluding hydrogens is 344 g/mol. The van der Waals surface area contributed by atoms with Crippen LogP contribution in [0.15, 0.2) is 17.2 Å². The summed E-state index contributed by atoms with van der Waals surface area (Å²) in [7, 11) is 0. The Hall–Kier alpha value is -3.21. The van der Waals surface area contributed by atoms with Gasteiger partial charge in [0.2, 0.25) is 0 Å². The van der Waals surface area contributed by atoms with E-state index in [0.717, 1.165) is 30.6 Å². The van der Waals surface area contributed by atoms with Crippen molar-refractivity contribution in [2.45, 2.75) is 46.2 Å². The van der Waals surface area contributed by atoms with Crippen LogP contribution in [-0.4, -0.2) is 33.4 Å². The minimum atomic E-state index is -0.372. The summed E-state index contributed by atoms with van der Waals surface area (Å²) in [5.41, 5.74) is 2.80. The van der Waals surface area contributed by atoms with E-state index in [1.54, 1.807) is 6.92 Å². The molecule has 8 nitrogen and oxygen atoms in total. The topological polar surface area (TPSA) is 115 Å². The Morgan fingerprint density at radius 2 is 2.19 bits per heavy atom. The summed E-state index contributed by atoms with van der Waals surface area (Å²) >= 11 is 0. The van der Waals surface area contributed by atoms with E-state index in [9.17, 15) is 14.9 Å². The molecule has 0 saturated carbocycles. The van der Waals surface area contributed by atoms with E-state index in [0.29, 0.717) is 16.9 Å². The van der Waals surface area contributed by atoms with E-state index in [2.05, 4.69) is 26.3 Å². The molecule has 0 radical (unpaired) electrons. The van der Waals surface area contributed by atoms with Gasteiger partial charge in [-0.15, -0.1) is 0 Å². The first-order valence-electron chi connectivity index (χ1n) is 8.87. The fourth-order valence-electron chi connectivity index (χ4n) is 3.47. The van der Waals surface area contributed by atoms with E-state index in [-0.39, 0.29) is 29.7 Å². The van der Waals surface area contributed by atoms with Crippen molar-refractivity contribution in [3.05, 3.63) is 50.8 Å². The Bertz CT molecular complexity index is 975. The van der Waals surface area contributed by atoms with Gasteiger partial charge in [0.05, 0.1) is 6.07 Å². The molecule has 140 valence electrons. The summed E-state index contributed by atoms with van der Waals surface area (Å²) in [5.74, 6) is 0.242. The smallest absolute Gasteiger partial charge is 0.270 e. The third-order valence-electron chi connectivity index (χ3n) is 4.87. The number of nitriles is 1. The largest absolute Gasteiger partial charge is 0.346 e. The number of aryl methyl sites for hydroxylation is 2. The molecule has 1 fully saturated rings. The Labute approximate surface area is 157 Å². The normalized spacial score (nSPS) is 16.2. The first-order chi connectivity index (χ1) is 12.9. The number of hydrogen-bond donors (Lipinski definition) is 2. The Morgan fingerprint density at radius 1 is 1.41 bits per heavy atom. The first kappa shape index (κ1) is 18.6. The summed E-state index contributed by atoms with van der Waals surface area (Å²) in [6, 6.07) is 3.91. The lowest BCUT2D eigenvalue weighted by molar-refractivity contribution is 0.0945. The van der Waals surface area contributed by atoms with Gasteiger partial charge in [-0.05, 0) is 45.2 Å². The summed E-state index contributed by atoms with van der Waals surface area (Å²) in [4.78, 5) is 37.8. The zero-order valence-corrected chi connectivity index (χ0v) is 15.7. The molecule has 1 amide bonds. The van der Waals surface area contributed by atoms with Crippen LogP contribution in [0.2, 0.25) is 0 Å². The summed E-state index contributed by atoms with van der Waals surface area (Å²) in [6.07, 6.45) is 3.05. The van der Waals surface area contributed by atoms with Crippen molar-refractivity contribution in [3.8, 4) is 6.07 Å². The zero-order chi connectivity index (χ0) is 19.6. The number of carbonyl (C=O) groups is 1. The highest BCUT2D eigenvalue weighted by atomic mass is 16.2. The van der Waals surface area contributed by atoms with Crippen LogP contribution < -0.4 is 15.8 Å². The van der Waals surface area contributed by atoms with Crippen molar-refractivity contribution in [2.75, 3.05) is 11.4 Å². The van der Waals surface area contributed by atoms with E-state index < -0.39 is 0 Å². The summed E-state index contributed by atoms with van der Waals surface area (Å²) in [6.45, 7) is 6.28. The molecule has 0 aromatic carbocycles. The number of nitrogens with zero attached hydrogens (tertiary/aromatic N) is 4. The maximum Gasteiger partial charge on any atom is 0.270 e. The molecule has 2 N–H and O–H groups in total. The van der Waals surface area contributed by atoms with Crippen LogP contribution >= 0.6 is 0 Å². The predicted molar refractivity (Wildman–Crippen MR) is 100 cm³/mol. The molecular formula is C19H22N6O2. The molecule has 3 heterocycles. The fraction of sp³-hybridized carbons (Fsp3) is 0.421. The minimum absolute atomic E-state index is 0.115. The lowest BCUT2D eigenvalue weighted by Crippen LogP contribution is -2.32. The van der Waals surface area contributed by atoms with Gasteiger partial charge in [-0.25, -0.2) is 9.97 Å². The number of anilines is 1. The van der Waals surface area contributed by atoms with Crippen molar-refractivity contribution in [2.24, 2.45) is 0 Å². The van der Waals surface area contributed by atoms with E-state index in [4.69, 9.17) is 0 Å². The quantitative estimate of drug-likeness (QED) is 0.848. The number of pyridine rings is 1. The van der Waals surface area contributed by atoms with Crippen LogP contribution in [0.3, 0.4) is 0 Å². The Morgan fingerprint density at radius 3 is 2.89 bits per heavy atom. The highest BCUT2D eigenvalue weighted by Crippen LogP contribution is 2.27. The van der Waals surface area contributed by atoms with Gasteiger partial charge in [0.15, 0.2) is 0 Å². The van der Waals surface area contributed by atoms with Crippen molar-refractivity contribution in [1.82, 2.24) is 20.3 Å². The molecule has 1 saturated heterocycles. The van der Waals surface area contributed by atoms with Crippen LogP contribution in [0, 0.1) is 32.1 Å². The zero-order valence-electron chi connectivity index (χ0n) is 15.7. The fourth-order valence-corrected chi connectivity index (χ4v) is 3.47. The molecule has 0 bridgehead atoms. The number of aromatic amines is 1. The van der Waals surface area contributed by atoms with Gasteiger partial charge in [0.25, 0.3) is 11.5 Å². The maximum atomic E-state index is 12.6. The van der Waals surface area contributed by atoms with Gasteiger partial charge < -0.3 is 15.2 Å². The maximum absolute atomic E-state index is 12.6. The van der Waals surface area contributed by atoms with Crippen LogP contribution in [0.25, 0.3) is 0 Å². The second-order valence-electron chi connectivity index (χ2n) is 6.78. The van der Waals surface area contributed by atoms with Gasteiger partial charge in [-0.2, -0.15) is 5.26 Å². The monoisotopic (exact) mass is 366 g/mol. The number of rotatable bonds is 4. The molecule has 3 rings (SSSR count). The lowest BCUT2D eigenvalue weighted by atomic mass is 10.1. The number of aromatic nitrogens is 3. The SMILES string of the molecule is Cc1cc(C)c(CNC(=O)c2ncnc(N3CCC[C@@H]3C#N)c2C)c(=O)[nH]1. The molecule has 2 aromatic rings. The lowest BCUT2D eigenvalue weighted by Gasteiger charge is -2.23. The Kier molecular flexibility index (Phi) is 5.21. The average molecular weight is 366 g/mol. The van der Waals surface area contributed by atoms with Gasteiger partial charge in [0, 0.05) is 29.9 Å². The molecule has 0 unspecified atom stereocenters. The second kappa shape index (κ2) is 7.58. The van der Waals surface area contributed by atoms with Gasteiger partial charge in [-0.1, -0.05) is 0 Å². The van der Waals surface area contributed by atoms with Gasteiger partial charge in [0.1, 0.15) is 23.9 Å². The molecule has 27 heavy (non-hydrogen) atoms. The van der Waals surface area contributed by atoms with E-state index in [1.165, 1.54) is 6.33 Å². The number of hydrogen-bond acceptors (Lipinski definition) is 6. The molecule has 1 aliphatic rings. The third-order valence-corrected chi connectivity index (χ3v) is 4.87. The third kappa shape index (κ3) is 3.67. The molecule has 0 aliphatic carbocycles. The van der Waals surface area contributed by atoms with Crippen LogP contribution in [-0.2, 0) is 6.54 Å². The van der Waals surface area contributed by atoms with Gasteiger partial charge >= 0.3 is 0 Å². The van der Waals surface area contributed by atoms with Crippen LogP contribution in [0.1, 0.15) is 45.7 Å². The van der Waals surface area contributed by atoms with Gasteiger partial charge in [-0.3, -0.25) is 9.59 Å². The van der Waals surface area contributed by atoms with Crippen molar-refractivity contribution in [1.29, 1.82) is 5.26 Å². The summed E-state index contributed by atoms with van der Waals surface area (Å²) < 4.78 is 0. The molecule has 8 heteroatoms. The molecule has 2 aromatic heterocycles. The second-order valence-corrected chi connectivity index (χ2v) is 6.78. The number of nitrogens with one attached hydrogen (secondary N) is 2. The number of carbonyl (C=O) groups excluding carboxylic acids is 1. The average Bonchev–Trinajstić information content (AvgIpc) is 3.09.